The Balaban J connectivity index is 1.48. The smallest absolute Gasteiger partial charge is 0.319 e. The van der Waals surface area contributed by atoms with Crippen LogP contribution >= 0.6 is 0 Å². The number of aliphatic hydroxyl groups is 1. The molecule has 3 rings (SSSR count). The van der Waals surface area contributed by atoms with Gasteiger partial charge in [0.25, 0.3) is 0 Å². The molecule has 3 N–H and O–H groups in total. The van der Waals surface area contributed by atoms with E-state index in [1.54, 1.807) is 0 Å². The van der Waals surface area contributed by atoms with E-state index >= 15 is 0 Å². The molecule has 0 unspecified atom stereocenters. The van der Waals surface area contributed by atoms with Crippen LogP contribution in [-0.2, 0) is 0 Å². The van der Waals surface area contributed by atoms with E-state index in [0.29, 0.717) is 12.0 Å². The molecular formula is C20H31N3O2. The fourth-order valence-corrected chi connectivity index (χ4v) is 4.18. The van der Waals surface area contributed by atoms with Crippen molar-refractivity contribution in [1.82, 2.24) is 10.2 Å². The zero-order valence-electron chi connectivity index (χ0n) is 15.4. The number of carbonyl (C=O) groups is 1. The summed E-state index contributed by atoms with van der Waals surface area (Å²) in [6, 6.07) is 8.39. The Morgan fingerprint density at radius 3 is 2.52 bits per heavy atom. The maximum Gasteiger partial charge on any atom is 0.319 e. The molecule has 2 aliphatic rings. The number of hydrogen-bond acceptors (Lipinski definition) is 3. The number of likely N-dealkylation sites (tertiary alicyclic amines) is 1. The summed E-state index contributed by atoms with van der Waals surface area (Å²) in [7, 11) is 0. The van der Waals surface area contributed by atoms with Crippen LogP contribution in [-0.4, -0.2) is 47.3 Å². The summed E-state index contributed by atoms with van der Waals surface area (Å²) in [5.74, 6) is 0.373. The number of para-hydroxylation sites is 1. The third-order valence-electron chi connectivity index (χ3n) is 5.61. The number of carbonyl (C=O) groups excluding carboxylic acids is 1. The summed E-state index contributed by atoms with van der Waals surface area (Å²) in [5, 5.41) is 16.2. The summed E-state index contributed by atoms with van der Waals surface area (Å²) >= 11 is 0. The van der Waals surface area contributed by atoms with Gasteiger partial charge in [0.1, 0.15) is 0 Å². The average molecular weight is 345 g/mol. The Morgan fingerprint density at radius 1 is 1.16 bits per heavy atom. The molecule has 5 nitrogen and oxygen atoms in total. The topological polar surface area (TPSA) is 64.6 Å². The Kier molecular flexibility index (Phi) is 5.97. The molecule has 5 heteroatoms. The Labute approximate surface area is 150 Å². The van der Waals surface area contributed by atoms with E-state index in [9.17, 15) is 9.90 Å². The highest BCUT2D eigenvalue weighted by molar-refractivity contribution is 5.90. The first-order valence-corrected chi connectivity index (χ1v) is 9.63. The minimum atomic E-state index is -0.166. The number of anilines is 1. The van der Waals surface area contributed by atoms with Gasteiger partial charge in [-0.05, 0) is 49.7 Å². The quantitative estimate of drug-likeness (QED) is 0.784. The predicted octanol–water partition coefficient (Wildman–Crippen LogP) is 3.31. The van der Waals surface area contributed by atoms with Gasteiger partial charge in [-0.3, -0.25) is 4.90 Å². The van der Waals surface area contributed by atoms with E-state index in [4.69, 9.17) is 0 Å². The summed E-state index contributed by atoms with van der Waals surface area (Å²) in [5.41, 5.74) is 2.05. The second-order valence-corrected chi connectivity index (χ2v) is 7.72. The average Bonchev–Trinajstić information content (AvgIpc) is 3.02. The fraction of sp³-hybridized carbons (Fsp3) is 0.650. The van der Waals surface area contributed by atoms with Crippen molar-refractivity contribution in [1.29, 1.82) is 0 Å². The second kappa shape index (κ2) is 8.19. The van der Waals surface area contributed by atoms with Gasteiger partial charge in [-0.1, -0.05) is 32.0 Å². The van der Waals surface area contributed by atoms with Crippen LogP contribution in [0.4, 0.5) is 10.5 Å². The van der Waals surface area contributed by atoms with Crippen LogP contribution in [0.15, 0.2) is 24.3 Å². The van der Waals surface area contributed by atoms with Gasteiger partial charge >= 0.3 is 6.03 Å². The SMILES string of the molecule is CC(C)c1ccccc1NC(=O)NC1CCN([C@@H]2CCC[C@H]2O)CC1. The van der Waals surface area contributed by atoms with E-state index < -0.39 is 0 Å². The standard InChI is InChI=1S/C20H31N3O2/c1-14(2)16-6-3-4-7-17(16)22-20(25)21-15-10-12-23(13-11-15)18-8-5-9-19(18)24/h3-4,6-7,14-15,18-19,24H,5,8-13H2,1-2H3,(H2,21,22,25)/t18-,19-/m1/s1. The first-order valence-electron chi connectivity index (χ1n) is 9.63. The molecule has 2 atom stereocenters. The van der Waals surface area contributed by atoms with Crippen molar-refractivity contribution in [2.75, 3.05) is 18.4 Å². The van der Waals surface area contributed by atoms with Crippen molar-refractivity contribution in [2.45, 2.75) is 70.1 Å². The molecule has 0 aromatic heterocycles. The number of urea groups is 1. The van der Waals surface area contributed by atoms with Gasteiger partial charge in [0.05, 0.1) is 6.10 Å². The molecule has 25 heavy (non-hydrogen) atoms. The van der Waals surface area contributed by atoms with Gasteiger partial charge in [-0.15, -0.1) is 0 Å². The molecular weight excluding hydrogens is 314 g/mol. The zero-order valence-corrected chi connectivity index (χ0v) is 15.4. The molecule has 1 saturated carbocycles. The number of nitrogens with one attached hydrogen (secondary N) is 2. The van der Waals surface area contributed by atoms with Crippen LogP contribution in [0.1, 0.15) is 57.4 Å². The molecule has 1 aliphatic carbocycles. The lowest BCUT2D eigenvalue weighted by molar-refractivity contribution is 0.0537. The Hall–Kier alpha value is -1.59. The summed E-state index contributed by atoms with van der Waals surface area (Å²) in [6.45, 7) is 6.17. The first-order chi connectivity index (χ1) is 12.0. The predicted molar refractivity (Wildman–Crippen MR) is 101 cm³/mol. The summed E-state index contributed by atoms with van der Waals surface area (Å²) in [6.07, 6.45) is 4.89. The van der Waals surface area contributed by atoms with E-state index in [2.05, 4.69) is 35.4 Å². The van der Waals surface area contributed by atoms with Crippen LogP contribution < -0.4 is 10.6 Å². The molecule has 138 valence electrons. The molecule has 2 fully saturated rings. The normalized spacial score (nSPS) is 25.3. The van der Waals surface area contributed by atoms with E-state index in [1.807, 2.05) is 18.2 Å². The highest BCUT2D eigenvalue weighted by Gasteiger charge is 2.33. The van der Waals surface area contributed by atoms with Crippen molar-refractivity contribution in [3.8, 4) is 0 Å². The van der Waals surface area contributed by atoms with Crippen LogP contribution in [0.2, 0.25) is 0 Å². The number of nitrogens with zero attached hydrogens (tertiary/aromatic N) is 1. The third-order valence-corrected chi connectivity index (χ3v) is 5.61. The van der Waals surface area contributed by atoms with Crippen molar-refractivity contribution in [3.05, 3.63) is 29.8 Å². The van der Waals surface area contributed by atoms with Crippen LogP contribution in [0.3, 0.4) is 0 Å². The van der Waals surface area contributed by atoms with Crippen LogP contribution in [0, 0.1) is 0 Å². The summed E-state index contributed by atoms with van der Waals surface area (Å²) in [4.78, 5) is 14.8. The number of rotatable bonds is 4. The minimum Gasteiger partial charge on any atom is -0.391 e. The highest BCUT2D eigenvalue weighted by atomic mass is 16.3. The van der Waals surface area contributed by atoms with Gasteiger partial charge in [0, 0.05) is 30.9 Å². The fourth-order valence-electron chi connectivity index (χ4n) is 4.18. The number of piperidine rings is 1. The van der Waals surface area contributed by atoms with Crippen LogP contribution in [0.25, 0.3) is 0 Å². The molecule has 1 aromatic carbocycles. The lowest BCUT2D eigenvalue weighted by Crippen LogP contribution is -2.50. The lowest BCUT2D eigenvalue weighted by atomic mass is 10.0. The molecule has 1 aliphatic heterocycles. The Morgan fingerprint density at radius 2 is 1.88 bits per heavy atom. The van der Waals surface area contributed by atoms with E-state index in [0.717, 1.165) is 56.4 Å². The number of amides is 2. The maximum absolute atomic E-state index is 12.4. The number of benzene rings is 1. The van der Waals surface area contributed by atoms with Crippen molar-refractivity contribution >= 4 is 11.7 Å². The highest BCUT2D eigenvalue weighted by Crippen LogP contribution is 2.27. The number of aliphatic hydroxyl groups excluding tert-OH is 1. The molecule has 0 spiro atoms. The third kappa shape index (κ3) is 4.53. The van der Waals surface area contributed by atoms with Crippen LogP contribution in [0.5, 0.6) is 0 Å². The largest absolute Gasteiger partial charge is 0.391 e. The van der Waals surface area contributed by atoms with Gasteiger partial charge in [0.15, 0.2) is 0 Å². The molecule has 0 radical (unpaired) electrons. The first kappa shape index (κ1) is 18.2. The van der Waals surface area contributed by atoms with Crippen molar-refractivity contribution in [3.63, 3.8) is 0 Å². The van der Waals surface area contributed by atoms with Crippen molar-refractivity contribution in [2.24, 2.45) is 0 Å². The van der Waals surface area contributed by atoms with Crippen molar-refractivity contribution < 1.29 is 9.90 Å². The molecule has 2 amide bonds. The molecule has 1 heterocycles. The molecule has 0 bridgehead atoms. The van der Waals surface area contributed by atoms with Gasteiger partial charge in [-0.2, -0.15) is 0 Å². The monoisotopic (exact) mass is 345 g/mol. The van der Waals surface area contributed by atoms with Gasteiger partial charge in [0.2, 0.25) is 0 Å². The van der Waals surface area contributed by atoms with E-state index in [1.165, 1.54) is 0 Å². The molecule has 1 saturated heterocycles. The lowest BCUT2D eigenvalue weighted by Gasteiger charge is -2.37. The Bertz CT molecular complexity index is 582. The second-order valence-electron chi connectivity index (χ2n) is 7.72. The minimum absolute atomic E-state index is 0.118. The van der Waals surface area contributed by atoms with E-state index in [-0.39, 0.29) is 18.2 Å². The van der Waals surface area contributed by atoms with Gasteiger partial charge < -0.3 is 15.7 Å². The number of hydrogen-bond donors (Lipinski definition) is 3. The summed E-state index contributed by atoms with van der Waals surface area (Å²) < 4.78 is 0. The maximum atomic E-state index is 12.4. The van der Waals surface area contributed by atoms with Gasteiger partial charge in [-0.25, -0.2) is 4.79 Å². The zero-order chi connectivity index (χ0) is 17.8. The molecule has 1 aromatic rings.